The second-order valence-corrected chi connectivity index (χ2v) is 17.3. The van der Waals surface area contributed by atoms with Crippen LogP contribution < -0.4 is 4.90 Å². The molecule has 0 saturated carbocycles. The quantitative estimate of drug-likeness (QED) is 0.152. The molecule has 0 aliphatic carbocycles. The van der Waals surface area contributed by atoms with Gasteiger partial charge < -0.3 is 13.9 Å². The van der Waals surface area contributed by atoms with Crippen molar-refractivity contribution in [3.8, 4) is 50.2 Å². The van der Waals surface area contributed by atoms with Gasteiger partial charge in [-0.2, -0.15) is 0 Å². The molecule has 13 aromatic rings. The Morgan fingerprint density at radius 2 is 0.657 bits per heavy atom. The van der Waals surface area contributed by atoms with E-state index in [1.54, 1.807) is 0 Å². The lowest BCUT2D eigenvalue weighted by molar-refractivity contribution is 0.669. The van der Waals surface area contributed by atoms with Gasteiger partial charge in [0.15, 0.2) is 0 Å². The number of fused-ring (bicyclic) bond motifs is 7. The molecule has 2 aromatic heterocycles. The summed E-state index contributed by atoms with van der Waals surface area (Å²) < 4.78 is 8.63. The van der Waals surface area contributed by atoms with Gasteiger partial charge in [0.05, 0.1) is 11.0 Å². The minimum Gasteiger partial charge on any atom is -0.456 e. The minimum absolute atomic E-state index is 0.897. The fourth-order valence-corrected chi connectivity index (χ4v) is 9.99. The summed E-state index contributed by atoms with van der Waals surface area (Å²) in [5.74, 6) is 0. The molecule has 314 valence electrons. The maximum atomic E-state index is 6.26. The molecule has 0 unspecified atom stereocenters. The summed E-state index contributed by atoms with van der Waals surface area (Å²) in [4.78, 5) is 2.34. The summed E-state index contributed by atoms with van der Waals surface area (Å²) in [7, 11) is 0. The average molecular weight is 855 g/mol. The van der Waals surface area contributed by atoms with E-state index in [4.69, 9.17) is 4.42 Å². The summed E-state index contributed by atoms with van der Waals surface area (Å²) in [5, 5.41) is 7.31. The number of hydrogen-bond donors (Lipinski definition) is 0. The first-order chi connectivity index (χ1) is 33.2. The molecule has 0 bridgehead atoms. The Bertz CT molecular complexity index is 3880. The SMILES string of the molecule is c1ccc2cc(-c3ccc(-c4ccc(N(c5ccc(-c6ccc(-n7c8ccccc8c8ccccc87)cc6)cc5)c5ccc(-c6ccc7c(c6)oc6ccccc67)cc5)cc4)cc3)ccc2c1. The largest absolute Gasteiger partial charge is 0.456 e. The molecule has 0 saturated heterocycles. The normalized spacial score (nSPS) is 11.6. The average Bonchev–Trinajstić information content (AvgIpc) is 3.95. The molecule has 0 amide bonds. The molecular weight excluding hydrogens is 813 g/mol. The van der Waals surface area contributed by atoms with Crippen molar-refractivity contribution in [1.82, 2.24) is 4.57 Å². The van der Waals surface area contributed by atoms with Gasteiger partial charge >= 0.3 is 0 Å². The molecule has 0 radical (unpaired) electrons. The molecule has 11 aromatic carbocycles. The second kappa shape index (κ2) is 16.0. The summed E-state index contributed by atoms with van der Waals surface area (Å²) in [6.07, 6.45) is 0. The first-order valence-corrected chi connectivity index (χ1v) is 22.9. The molecule has 0 aliphatic heterocycles. The summed E-state index contributed by atoms with van der Waals surface area (Å²) in [6, 6.07) is 91.9. The first-order valence-electron chi connectivity index (χ1n) is 22.9. The van der Waals surface area contributed by atoms with Crippen molar-refractivity contribution in [2.75, 3.05) is 4.90 Å². The van der Waals surface area contributed by atoms with Crippen LogP contribution in [0, 0.1) is 0 Å². The highest BCUT2D eigenvalue weighted by molar-refractivity contribution is 6.09. The van der Waals surface area contributed by atoms with Crippen molar-refractivity contribution in [2.45, 2.75) is 0 Å². The van der Waals surface area contributed by atoms with Crippen molar-refractivity contribution >= 4 is 71.6 Å². The zero-order valence-corrected chi connectivity index (χ0v) is 36.6. The lowest BCUT2D eigenvalue weighted by atomic mass is 9.98. The topological polar surface area (TPSA) is 21.3 Å². The van der Waals surface area contributed by atoms with Gasteiger partial charge in [0.1, 0.15) is 11.2 Å². The standard InChI is InChI=1S/C64H42N2O/c1-2-10-50-41-51(22-21-43(50)9-1)48-19-17-44(18-20-48)45-23-32-53(33-24-45)65(55-36-29-49(30-37-55)52-31-40-60-59-13-5-8-16-63(59)67-64(60)42-52)54-34-25-46(26-35-54)47-27-38-56(39-28-47)66-61-14-6-3-11-57(61)58-12-4-7-15-62(58)66/h1-42H. The van der Waals surface area contributed by atoms with Gasteiger partial charge in [-0.15, -0.1) is 0 Å². The smallest absolute Gasteiger partial charge is 0.136 e. The maximum absolute atomic E-state index is 6.26. The second-order valence-electron chi connectivity index (χ2n) is 17.3. The Hall–Kier alpha value is -8.92. The lowest BCUT2D eigenvalue weighted by Crippen LogP contribution is -2.09. The van der Waals surface area contributed by atoms with Crippen LogP contribution in [0.2, 0.25) is 0 Å². The van der Waals surface area contributed by atoms with Gasteiger partial charge in [-0.3, -0.25) is 0 Å². The predicted molar refractivity (Wildman–Crippen MR) is 282 cm³/mol. The number of nitrogens with zero attached hydrogens (tertiary/aromatic N) is 2. The summed E-state index contributed by atoms with van der Waals surface area (Å²) >= 11 is 0. The van der Waals surface area contributed by atoms with Gasteiger partial charge in [-0.25, -0.2) is 0 Å². The number of benzene rings is 11. The molecule has 0 N–H and O–H groups in total. The van der Waals surface area contributed by atoms with Crippen LogP contribution in [0.3, 0.4) is 0 Å². The van der Waals surface area contributed by atoms with Crippen LogP contribution in [0.15, 0.2) is 259 Å². The highest BCUT2D eigenvalue weighted by Crippen LogP contribution is 2.40. The molecule has 2 heterocycles. The Morgan fingerprint density at radius 1 is 0.269 bits per heavy atom. The van der Waals surface area contributed by atoms with E-state index in [2.05, 4.69) is 252 Å². The maximum Gasteiger partial charge on any atom is 0.136 e. The Morgan fingerprint density at radius 3 is 1.22 bits per heavy atom. The zero-order valence-electron chi connectivity index (χ0n) is 36.6. The molecule has 0 atom stereocenters. The monoisotopic (exact) mass is 854 g/mol. The van der Waals surface area contributed by atoms with Gasteiger partial charge in [-0.05, 0) is 140 Å². The fraction of sp³-hybridized carbons (Fsp3) is 0. The summed E-state index contributed by atoms with van der Waals surface area (Å²) in [5.41, 5.74) is 18.0. The fourth-order valence-electron chi connectivity index (χ4n) is 9.99. The Labute approximate surface area is 388 Å². The number of rotatable bonds is 8. The number of hydrogen-bond acceptors (Lipinski definition) is 2. The molecule has 0 fully saturated rings. The van der Waals surface area contributed by atoms with Gasteiger partial charge in [-0.1, -0.05) is 170 Å². The number of furan rings is 1. The first kappa shape index (κ1) is 38.5. The van der Waals surface area contributed by atoms with Crippen molar-refractivity contribution in [1.29, 1.82) is 0 Å². The number of para-hydroxylation sites is 3. The van der Waals surface area contributed by atoms with Crippen LogP contribution in [-0.2, 0) is 0 Å². The van der Waals surface area contributed by atoms with Crippen molar-refractivity contribution in [3.05, 3.63) is 255 Å². The minimum atomic E-state index is 0.897. The molecule has 13 rings (SSSR count). The van der Waals surface area contributed by atoms with Crippen molar-refractivity contribution in [2.24, 2.45) is 0 Å². The Kier molecular flexibility index (Phi) is 9.17. The van der Waals surface area contributed by atoms with E-state index in [0.29, 0.717) is 0 Å². The van der Waals surface area contributed by atoms with Crippen molar-refractivity contribution in [3.63, 3.8) is 0 Å². The molecule has 0 spiro atoms. The van der Waals surface area contributed by atoms with Crippen LogP contribution in [0.4, 0.5) is 17.1 Å². The van der Waals surface area contributed by atoms with E-state index in [1.165, 1.54) is 60.4 Å². The van der Waals surface area contributed by atoms with Crippen LogP contribution in [0.1, 0.15) is 0 Å². The Balaban J connectivity index is 0.824. The highest BCUT2D eigenvalue weighted by Gasteiger charge is 2.16. The third-order valence-corrected chi connectivity index (χ3v) is 13.4. The van der Waals surface area contributed by atoms with Crippen molar-refractivity contribution < 1.29 is 4.42 Å². The van der Waals surface area contributed by atoms with E-state index in [1.807, 2.05) is 12.1 Å². The van der Waals surface area contributed by atoms with Gasteiger partial charge in [0.25, 0.3) is 0 Å². The van der Waals surface area contributed by atoms with E-state index < -0.39 is 0 Å². The predicted octanol–water partition coefficient (Wildman–Crippen LogP) is 18.0. The summed E-state index contributed by atoms with van der Waals surface area (Å²) in [6.45, 7) is 0. The van der Waals surface area contributed by atoms with E-state index in [-0.39, 0.29) is 0 Å². The van der Waals surface area contributed by atoms with Crippen LogP contribution in [0.5, 0.6) is 0 Å². The third-order valence-electron chi connectivity index (χ3n) is 13.4. The van der Waals surface area contributed by atoms with Crippen LogP contribution >= 0.6 is 0 Å². The van der Waals surface area contributed by atoms with Gasteiger partial charge in [0.2, 0.25) is 0 Å². The van der Waals surface area contributed by atoms with E-state index >= 15 is 0 Å². The van der Waals surface area contributed by atoms with Gasteiger partial charge in [0, 0.05) is 44.3 Å². The van der Waals surface area contributed by atoms with E-state index in [0.717, 1.165) is 61.4 Å². The van der Waals surface area contributed by atoms with Crippen LogP contribution in [-0.4, -0.2) is 4.57 Å². The van der Waals surface area contributed by atoms with E-state index in [9.17, 15) is 0 Å². The molecule has 67 heavy (non-hydrogen) atoms. The molecule has 3 nitrogen and oxygen atoms in total. The molecular formula is C64H42N2O. The van der Waals surface area contributed by atoms with Crippen LogP contribution in [0.25, 0.3) is 105 Å². The molecule has 0 aliphatic rings. The zero-order chi connectivity index (χ0) is 44.3. The lowest BCUT2D eigenvalue weighted by Gasteiger charge is -2.26. The number of aromatic nitrogens is 1. The third kappa shape index (κ3) is 6.84. The number of anilines is 3. The highest BCUT2D eigenvalue weighted by atomic mass is 16.3. The molecule has 3 heteroatoms.